The summed E-state index contributed by atoms with van der Waals surface area (Å²) in [5, 5.41) is 17.8. The monoisotopic (exact) mass is 291 g/mol. The number of non-ortho nitro benzene ring substituents is 1. The lowest BCUT2D eigenvalue weighted by atomic mass is 9.87. The maximum Gasteiger partial charge on any atom is 0.273 e. The van der Waals surface area contributed by atoms with Crippen molar-refractivity contribution in [2.75, 3.05) is 17.2 Å². The highest BCUT2D eigenvalue weighted by Gasteiger charge is 2.19. The number of hydrogen-bond donors (Lipinski definition) is 2. The number of nitrogens with one attached hydrogen (secondary N) is 2. The van der Waals surface area contributed by atoms with Gasteiger partial charge in [-0.2, -0.15) is 0 Å². The van der Waals surface area contributed by atoms with Crippen molar-refractivity contribution in [3.63, 3.8) is 0 Å². The van der Waals surface area contributed by atoms with Gasteiger partial charge < -0.3 is 10.6 Å². The zero-order chi connectivity index (χ0) is 15.2. The zero-order valence-corrected chi connectivity index (χ0v) is 12.9. The van der Waals surface area contributed by atoms with Crippen molar-refractivity contribution >= 4 is 17.1 Å². The van der Waals surface area contributed by atoms with E-state index < -0.39 is 0 Å². The Hall–Kier alpha value is -1.78. The Bertz CT molecular complexity index is 482. The average molecular weight is 291 g/mol. The second kappa shape index (κ2) is 7.29. The van der Waals surface area contributed by atoms with Crippen LogP contribution in [0, 0.1) is 16.0 Å². The molecule has 0 bridgehead atoms. The molecule has 116 valence electrons. The van der Waals surface area contributed by atoms with Gasteiger partial charge in [-0.05, 0) is 44.1 Å². The molecule has 0 unspecified atom stereocenters. The van der Waals surface area contributed by atoms with Gasteiger partial charge in [-0.25, -0.2) is 0 Å². The van der Waals surface area contributed by atoms with E-state index in [9.17, 15) is 10.1 Å². The van der Waals surface area contributed by atoms with Crippen LogP contribution in [0.5, 0.6) is 0 Å². The lowest BCUT2D eigenvalue weighted by molar-refractivity contribution is -0.384. The summed E-state index contributed by atoms with van der Waals surface area (Å²) in [5.41, 5.74) is 1.81. The van der Waals surface area contributed by atoms with Crippen LogP contribution in [-0.4, -0.2) is 17.5 Å². The second-order valence-corrected chi connectivity index (χ2v) is 6.05. The number of nitrogens with zero attached hydrogens (tertiary/aromatic N) is 1. The highest BCUT2D eigenvalue weighted by atomic mass is 16.6. The summed E-state index contributed by atoms with van der Waals surface area (Å²) in [6.07, 6.45) is 5.73. The summed E-state index contributed by atoms with van der Waals surface area (Å²) in [6, 6.07) is 5.64. The van der Waals surface area contributed by atoms with Crippen LogP contribution in [0.25, 0.3) is 0 Å². The first kappa shape index (κ1) is 15.6. The minimum Gasteiger partial charge on any atom is -0.385 e. The first-order chi connectivity index (χ1) is 10.1. The number of nitro groups is 1. The largest absolute Gasteiger partial charge is 0.385 e. The van der Waals surface area contributed by atoms with Crippen molar-refractivity contribution in [1.82, 2.24) is 0 Å². The molecule has 1 aliphatic carbocycles. The van der Waals surface area contributed by atoms with Crippen molar-refractivity contribution in [2.24, 2.45) is 5.92 Å². The molecule has 0 aliphatic heterocycles. The van der Waals surface area contributed by atoms with E-state index in [0.29, 0.717) is 6.04 Å². The van der Waals surface area contributed by atoms with Gasteiger partial charge in [0.05, 0.1) is 4.92 Å². The molecule has 2 N–H and O–H groups in total. The molecule has 1 aliphatic rings. The fourth-order valence-electron chi connectivity index (χ4n) is 2.81. The van der Waals surface area contributed by atoms with Crippen molar-refractivity contribution in [3.8, 4) is 0 Å². The third-order valence-corrected chi connectivity index (χ3v) is 4.09. The van der Waals surface area contributed by atoms with Gasteiger partial charge in [0.15, 0.2) is 0 Å². The quantitative estimate of drug-likeness (QED) is 0.602. The molecule has 0 aromatic heterocycles. The van der Waals surface area contributed by atoms with E-state index in [4.69, 9.17) is 0 Å². The van der Waals surface area contributed by atoms with E-state index >= 15 is 0 Å². The van der Waals surface area contributed by atoms with E-state index in [1.807, 2.05) is 6.07 Å². The molecule has 0 amide bonds. The molecule has 5 heteroatoms. The Morgan fingerprint density at radius 2 is 1.86 bits per heavy atom. The standard InChI is InChI=1S/C16H25N3O2/c1-3-8-17-14-9-15(11-16(10-14)19(20)21)18-13-6-4-12(2)5-7-13/h9-13,17-18H,3-8H2,1-2H3. The van der Waals surface area contributed by atoms with Crippen LogP contribution >= 0.6 is 0 Å². The third kappa shape index (κ3) is 4.62. The van der Waals surface area contributed by atoms with Crippen molar-refractivity contribution in [3.05, 3.63) is 28.3 Å². The number of rotatable bonds is 6. The van der Waals surface area contributed by atoms with Gasteiger partial charge in [-0.1, -0.05) is 13.8 Å². The van der Waals surface area contributed by atoms with Crippen LogP contribution in [-0.2, 0) is 0 Å². The van der Waals surface area contributed by atoms with Crippen LogP contribution in [0.1, 0.15) is 46.0 Å². The van der Waals surface area contributed by atoms with Crippen LogP contribution in [0.15, 0.2) is 18.2 Å². The second-order valence-electron chi connectivity index (χ2n) is 6.05. The Balaban J connectivity index is 2.09. The SMILES string of the molecule is CCCNc1cc(NC2CCC(C)CC2)cc([N+](=O)[O-])c1. The molecular weight excluding hydrogens is 266 g/mol. The van der Waals surface area contributed by atoms with Crippen molar-refractivity contribution in [2.45, 2.75) is 52.0 Å². The number of nitro benzene ring substituents is 1. The van der Waals surface area contributed by atoms with Gasteiger partial charge in [0.1, 0.15) is 0 Å². The predicted octanol–water partition coefficient (Wildman–Crippen LogP) is 4.41. The lowest BCUT2D eigenvalue weighted by Crippen LogP contribution is -2.25. The van der Waals surface area contributed by atoms with Crippen LogP contribution in [0.3, 0.4) is 0 Å². The van der Waals surface area contributed by atoms with Gasteiger partial charge in [0.25, 0.3) is 5.69 Å². The summed E-state index contributed by atoms with van der Waals surface area (Å²) in [4.78, 5) is 10.7. The maximum absolute atomic E-state index is 11.1. The minimum absolute atomic E-state index is 0.141. The predicted molar refractivity (Wildman–Crippen MR) is 86.9 cm³/mol. The molecule has 2 rings (SSSR count). The number of benzene rings is 1. The van der Waals surface area contributed by atoms with Crippen LogP contribution < -0.4 is 10.6 Å². The van der Waals surface area contributed by atoms with Gasteiger partial charge in [0.2, 0.25) is 0 Å². The topological polar surface area (TPSA) is 67.2 Å². The molecule has 21 heavy (non-hydrogen) atoms. The molecule has 1 aromatic rings. The van der Waals surface area contributed by atoms with E-state index in [1.54, 1.807) is 12.1 Å². The lowest BCUT2D eigenvalue weighted by Gasteiger charge is -2.27. The van der Waals surface area contributed by atoms with E-state index in [1.165, 1.54) is 12.8 Å². The van der Waals surface area contributed by atoms with E-state index in [0.717, 1.165) is 43.1 Å². The Labute approximate surface area is 126 Å². The fraction of sp³-hybridized carbons (Fsp3) is 0.625. The molecule has 1 saturated carbocycles. The fourth-order valence-corrected chi connectivity index (χ4v) is 2.81. The molecule has 5 nitrogen and oxygen atoms in total. The molecule has 0 atom stereocenters. The Kier molecular flexibility index (Phi) is 5.42. The van der Waals surface area contributed by atoms with E-state index in [2.05, 4.69) is 24.5 Å². The highest BCUT2D eigenvalue weighted by molar-refractivity contribution is 5.63. The van der Waals surface area contributed by atoms with Gasteiger partial charge >= 0.3 is 0 Å². The van der Waals surface area contributed by atoms with Gasteiger partial charge in [-0.3, -0.25) is 10.1 Å². The molecule has 0 spiro atoms. The van der Waals surface area contributed by atoms with Crippen LogP contribution in [0.4, 0.5) is 17.1 Å². The van der Waals surface area contributed by atoms with E-state index in [-0.39, 0.29) is 10.6 Å². The summed E-state index contributed by atoms with van der Waals surface area (Å²) < 4.78 is 0. The Morgan fingerprint density at radius 1 is 1.19 bits per heavy atom. The number of anilines is 2. The first-order valence-electron chi connectivity index (χ1n) is 7.88. The smallest absolute Gasteiger partial charge is 0.273 e. The van der Waals surface area contributed by atoms with Crippen LogP contribution in [0.2, 0.25) is 0 Å². The molecule has 1 fully saturated rings. The number of hydrogen-bond acceptors (Lipinski definition) is 4. The van der Waals surface area contributed by atoms with Crippen molar-refractivity contribution < 1.29 is 4.92 Å². The van der Waals surface area contributed by atoms with Crippen molar-refractivity contribution in [1.29, 1.82) is 0 Å². The summed E-state index contributed by atoms with van der Waals surface area (Å²) in [6.45, 7) is 5.19. The summed E-state index contributed by atoms with van der Waals surface area (Å²) in [5.74, 6) is 0.801. The third-order valence-electron chi connectivity index (χ3n) is 4.09. The zero-order valence-electron chi connectivity index (χ0n) is 12.9. The molecule has 1 aromatic carbocycles. The maximum atomic E-state index is 11.1. The summed E-state index contributed by atoms with van der Waals surface area (Å²) >= 11 is 0. The molecular formula is C16H25N3O2. The van der Waals surface area contributed by atoms with Gasteiger partial charge in [-0.15, -0.1) is 0 Å². The molecule has 0 saturated heterocycles. The summed E-state index contributed by atoms with van der Waals surface area (Å²) in [7, 11) is 0. The van der Waals surface area contributed by atoms with Gasteiger partial charge in [0, 0.05) is 36.1 Å². The minimum atomic E-state index is -0.328. The average Bonchev–Trinajstić information content (AvgIpc) is 2.47. The molecule has 0 radical (unpaired) electrons. The molecule has 0 heterocycles. The Morgan fingerprint density at radius 3 is 2.48 bits per heavy atom. The highest BCUT2D eigenvalue weighted by Crippen LogP contribution is 2.29. The first-order valence-corrected chi connectivity index (χ1v) is 7.88. The normalized spacial score (nSPS) is 21.8.